The summed E-state index contributed by atoms with van der Waals surface area (Å²) in [7, 11) is 3.12. The fourth-order valence-electron chi connectivity index (χ4n) is 7.39. The number of aromatic nitrogens is 5. The highest BCUT2D eigenvalue weighted by molar-refractivity contribution is 8.00. The fourth-order valence-corrected chi connectivity index (χ4v) is 7.82. The molecule has 4 N–H and O–H groups in total. The van der Waals surface area contributed by atoms with Gasteiger partial charge in [0, 0.05) is 90.8 Å². The summed E-state index contributed by atoms with van der Waals surface area (Å²) in [6, 6.07) is 18.5. The van der Waals surface area contributed by atoms with Crippen molar-refractivity contribution >= 4 is 64.1 Å². The van der Waals surface area contributed by atoms with Crippen molar-refractivity contribution in [3.05, 3.63) is 118 Å². The minimum Gasteiger partial charge on any atom is -0.457 e. The molecule has 65 heavy (non-hydrogen) atoms. The maximum Gasteiger partial charge on any atom is 0.274 e. The molecule has 0 saturated carbocycles. The first-order chi connectivity index (χ1) is 31.6. The number of anilines is 2. The number of carbonyl (C=O) groups is 5. The van der Waals surface area contributed by atoms with Crippen LogP contribution in [0.3, 0.4) is 0 Å². The molecule has 1 aliphatic heterocycles. The Kier molecular flexibility index (Phi) is 14.9. The molecule has 0 aliphatic carbocycles. The fraction of sp³-hybridized carbons (Fsp3) is 0.277. The van der Waals surface area contributed by atoms with Crippen LogP contribution < -0.4 is 25.7 Å². The Hall–Kier alpha value is -7.49. The number of benzene rings is 3. The van der Waals surface area contributed by atoms with Gasteiger partial charge in [-0.25, -0.2) is 4.68 Å². The lowest BCUT2D eigenvalue weighted by Crippen LogP contribution is -2.48. The SMILES string of the molecule is CCSNc1ccc(Oc2cccc(NC(=O)CCCc3cn(CCOCC#Cc4cccc5c4C(=O)N(C(CCC=O)C(=O)NC)C5=O)nn3)c2)c(-c2cn(C)c(=O)c3[nH]ccc23)c1. The minimum atomic E-state index is -1.12. The average Bonchev–Trinajstić information content (AvgIpc) is 4.05. The monoisotopic (exact) mass is 897 g/mol. The van der Waals surface area contributed by atoms with Crippen molar-refractivity contribution < 1.29 is 33.4 Å². The Labute approximate surface area is 378 Å². The number of ether oxygens (including phenoxy) is 2. The Balaban J connectivity index is 0.882. The van der Waals surface area contributed by atoms with Gasteiger partial charge >= 0.3 is 0 Å². The van der Waals surface area contributed by atoms with Crippen LogP contribution in [0.2, 0.25) is 0 Å². The molecule has 6 aromatic rings. The molecule has 1 aliphatic rings. The summed E-state index contributed by atoms with van der Waals surface area (Å²) in [5, 5.41) is 14.6. The summed E-state index contributed by atoms with van der Waals surface area (Å²) < 4.78 is 18.7. The zero-order valence-corrected chi connectivity index (χ0v) is 36.8. The lowest BCUT2D eigenvalue weighted by atomic mass is 10.0. The van der Waals surface area contributed by atoms with Crippen LogP contribution in [-0.2, 0) is 39.1 Å². The largest absolute Gasteiger partial charge is 0.457 e. The van der Waals surface area contributed by atoms with E-state index in [4.69, 9.17) is 9.47 Å². The predicted molar refractivity (Wildman–Crippen MR) is 247 cm³/mol. The van der Waals surface area contributed by atoms with E-state index in [9.17, 15) is 28.8 Å². The number of nitrogens with zero attached hydrogens (tertiary/aromatic N) is 5. The summed E-state index contributed by atoms with van der Waals surface area (Å²) >= 11 is 1.57. The molecular weight excluding hydrogens is 851 g/mol. The van der Waals surface area contributed by atoms with Gasteiger partial charge in [0.25, 0.3) is 17.4 Å². The molecule has 18 heteroatoms. The first kappa shape index (κ1) is 45.5. The topological polar surface area (TPSA) is 212 Å². The van der Waals surface area contributed by atoms with Gasteiger partial charge < -0.3 is 39.2 Å². The molecule has 4 amide bonds. The van der Waals surface area contributed by atoms with Crippen LogP contribution in [0.1, 0.15) is 64.6 Å². The van der Waals surface area contributed by atoms with E-state index in [1.54, 1.807) is 71.1 Å². The number of fused-ring (bicyclic) bond motifs is 2. The number of rotatable bonds is 20. The van der Waals surface area contributed by atoms with Gasteiger partial charge in [-0.05, 0) is 67.8 Å². The molecule has 0 radical (unpaired) electrons. The molecule has 0 fully saturated rings. The third-order valence-electron chi connectivity index (χ3n) is 10.5. The van der Waals surface area contributed by atoms with Gasteiger partial charge in [-0.15, -0.1) is 5.10 Å². The second-order valence-corrected chi connectivity index (χ2v) is 16.0. The highest BCUT2D eigenvalue weighted by atomic mass is 32.2. The highest BCUT2D eigenvalue weighted by Gasteiger charge is 2.43. The number of pyridine rings is 1. The first-order valence-corrected chi connectivity index (χ1v) is 22.0. The number of H-pyrrole nitrogens is 1. The van der Waals surface area contributed by atoms with Gasteiger partial charge in [-0.1, -0.05) is 48.1 Å². The third kappa shape index (κ3) is 10.7. The van der Waals surface area contributed by atoms with Crippen LogP contribution in [0.4, 0.5) is 11.4 Å². The van der Waals surface area contributed by atoms with Crippen LogP contribution in [-0.4, -0.2) is 91.4 Å². The van der Waals surface area contributed by atoms with Crippen LogP contribution in [0.15, 0.2) is 90.1 Å². The van der Waals surface area contributed by atoms with E-state index < -0.39 is 23.8 Å². The number of aromatic amines is 1. The van der Waals surface area contributed by atoms with Gasteiger partial charge in [-0.3, -0.25) is 28.9 Å². The van der Waals surface area contributed by atoms with Gasteiger partial charge in [0.2, 0.25) is 11.8 Å². The minimum absolute atomic E-state index is 0.01000. The molecule has 1 atom stereocenters. The Bertz CT molecular complexity index is 2880. The van der Waals surface area contributed by atoms with E-state index in [1.807, 2.05) is 36.4 Å². The van der Waals surface area contributed by atoms with E-state index in [2.05, 4.69) is 49.4 Å². The van der Waals surface area contributed by atoms with Crippen molar-refractivity contribution in [1.82, 2.24) is 34.8 Å². The molecule has 0 saturated heterocycles. The average molecular weight is 898 g/mol. The maximum atomic E-state index is 13.4. The molecular formula is C47H47N9O8S. The van der Waals surface area contributed by atoms with Crippen LogP contribution in [0.25, 0.3) is 22.0 Å². The Morgan fingerprint density at radius 2 is 1.83 bits per heavy atom. The Morgan fingerprint density at radius 3 is 2.65 bits per heavy atom. The number of aryl methyl sites for hydroxylation is 2. The number of carbonyl (C=O) groups excluding carboxylic acids is 5. The van der Waals surface area contributed by atoms with Crippen molar-refractivity contribution in [2.24, 2.45) is 7.05 Å². The van der Waals surface area contributed by atoms with Crippen molar-refractivity contribution in [3.63, 3.8) is 0 Å². The first-order valence-electron chi connectivity index (χ1n) is 21.0. The van der Waals surface area contributed by atoms with E-state index in [1.165, 1.54) is 13.1 Å². The normalized spacial score (nSPS) is 12.4. The molecule has 7 rings (SSSR count). The van der Waals surface area contributed by atoms with Gasteiger partial charge in [0.1, 0.15) is 36.0 Å². The zero-order chi connectivity index (χ0) is 45.9. The number of hydrogen-bond acceptors (Lipinski definition) is 12. The zero-order valence-electron chi connectivity index (χ0n) is 36.0. The molecule has 3 aromatic carbocycles. The highest BCUT2D eigenvalue weighted by Crippen LogP contribution is 2.39. The number of amides is 4. The third-order valence-corrected chi connectivity index (χ3v) is 11.2. The van der Waals surface area contributed by atoms with E-state index >= 15 is 0 Å². The second-order valence-electron chi connectivity index (χ2n) is 14.9. The smallest absolute Gasteiger partial charge is 0.274 e. The van der Waals surface area contributed by atoms with Crippen molar-refractivity contribution in [1.29, 1.82) is 0 Å². The molecule has 334 valence electrons. The van der Waals surface area contributed by atoms with Gasteiger partial charge in [-0.2, -0.15) is 0 Å². The number of hydrogen-bond donors (Lipinski definition) is 4. The summed E-state index contributed by atoms with van der Waals surface area (Å²) in [6.07, 6.45) is 7.35. The summed E-state index contributed by atoms with van der Waals surface area (Å²) in [6.45, 7) is 2.78. The quantitative estimate of drug-likeness (QED) is 0.0239. The van der Waals surface area contributed by atoms with Crippen molar-refractivity contribution in [2.75, 3.05) is 36.1 Å². The maximum absolute atomic E-state index is 13.4. The molecule has 4 heterocycles. The second kappa shape index (κ2) is 21.3. The van der Waals surface area contributed by atoms with Crippen LogP contribution >= 0.6 is 11.9 Å². The summed E-state index contributed by atoms with van der Waals surface area (Å²) in [4.78, 5) is 79.8. The number of likely N-dealkylation sites (N-methyl/N-ethyl adjacent to an activating group) is 1. The van der Waals surface area contributed by atoms with Crippen LogP contribution in [0, 0.1) is 11.8 Å². The lowest BCUT2D eigenvalue weighted by Gasteiger charge is -2.24. The predicted octanol–water partition coefficient (Wildman–Crippen LogP) is 5.72. The van der Waals surface area contributed by atoms with E-state index in [0.29, 0.717) is 53.9 Å². The van der Waals surface area contributed by atoms with Gasteiger partial charge in [0.15, 0.2) is 0 Å². The van der Waals surface area contributed by atoms with E-state index in [0.717, 1.165) is 38.5 Å². The molecule has 0 spiro atoms. The van der Waals surface area contributed by atoms with Gasteiger partial charge in [0.05, 0.1) is 30.0 Å². The van der Waals surface area contributed by atoms with Crippen molar-refractivity contribution in [2.45, 2.75) is 51.6 Å². The standard InChI is InChI=1S/C47H47N9O8S/c1-4-65-52-32-18-19-40(37(27-32)38-29-54(3)47(62)43-35(38)20-21-49-43)64-34-14-6-12-31(26-34)50-41(58)17-7-13-33-28-55(53-51-33)22-25-63-24-9-11-30-10-5-15-36-42(30)46(61)56(45(36)60)39(16-8-23-57)44(59)48-2/h5-6,10,12,14-15,18-21,23,26-29,39,49,52H,4,7-8,13,16-17,22,24-25H2,1-3H3,(H,48,59)(H,50,58). The molecule has 1 unspecified atom stereocenters. The number of nitrogens with one attached hydrogen (secondary N) is 4. The molecule has 17 nitrogen and oxygen atoms in total. The van der Waals surface area contributed by atoms with Crippen molar-refractivity contribution in [3.8, 4) is 34.5 Å². The summed E-state index contributed by atoms with van der Waals surface area (Å²) in [5.41, 5.74) is 4.79. The number of aldehydes is 1. The van der Waals surface area contributed by atoms with Crippen LogP contribution in [0.5, 0.6) is 11.5 Å². The Morgan fingerprint density at radius 1 is 0.985 bits per heavy atom. The molecule has 0 bridgehead atoms. The lowest BCUT2D eigenvalue weighted by molar-refractivity contribution is -0.124. The van der Waals surface area contributed by atoms with E-state index in [-0.39, 0.29) is 55.1 Å². The summed E-state index contributed by atoms with van der Waals surface area (Å²) in [5.74, 6) is 5.82. The number of imide groups is 1. The molecule has 3 aromatic heterocycles.